The second kappa shape index (κ2) is 13.9. The van der Waals surface area contributed by atoms with E-state index in [-0.39, 0.29) is 0 Å². The maximum atomic E-state index is 2.59. The molecule has 0 saturated heterocycles. The van der Waals surface area contributed by atoms with Crippen molar-refractivity contribution in [3.05, 3.63) is 0 Å². The minimum Gasteiger partial charge on any atom is -0.309 e. The lowest BCUT2D eigenvalue weighted by molar-refractivity contribution is 0.0863. The predicted molar refractivity (Wildman–Crippen MR) is 116 cm³/mol. The normalized spacial score (nSPS) is 15.2. The van der Waals surface area contributed by atoms with Gasteiger partial charge in [0.25, 0.3) is 0 Å². The van der Waals surface area contributed by atoms with Crippen LogP contribution in [-0.2, 0) is 0 Å². The predicted octanol–water partition coefficient (Wildman–Crippen LogP) is 0.614. The van der Waals surface area contributed by atoms with Crippen LogP contribution in [0.25, 0.3) is 0 Å². The lowest BCUT2D eigenvalue weighted by atomic mass is 10.0. The van der Waals surface area contributed by atoms with Crippen LogP contribution >= 0.6 is 0 Å². The third kappa shape index (κ3) is 12.2. The molecule has 0 spiro atoms. The Morgan fingerprint density at radius 2 is 1.08 bits per heavy atom. The molecule has 0 aliphatic carbocycles. The Morgan fingerprint density at radius 3 is 1.54 bits per heavy atom. The molecule has 2 unspecified atom stereocenters. The van der Waals surface area contributed by atoms with Crippen LogP contribution in [0.15, 0.2) is 0 Å². The van der Waals surface area contributed by atoms with Crippen molar-refractivity contribution in [2.75, 3.05) is 110 Å². The number of hydrogen-bond donors (Lipinski definition) is 0. The van der Waals surface area contributed by atoms with E-state index >= 15 is 0 Å². The number of likely N-dealkylation sites (N-methyl/N-ethyl adjacent to an activating group) is 4. The van der Waals surface area contributed by atoms with Gasteiger partial charge in [-0.1, -0.05) is 0 Å². The van der Waals surface area contributed by atoms with Crippen molar-refractivity contribution in [1.29, 1.82) is 0 Å². The fourth-order valence-electron chi connectivity index (χ4n) is 3.31. The summed E-state index contributed by atoms with van der Waals surface area (Å²) in [5.41, 5.74) is 0. The largest absolute Gasteiger partial charge is 0.309 e. The van der Waals surface area contributed by atoms with Gasteiger partial charge in [0.05, 0.1) is 0 Å². The molecule has 0 heterocycles. The van der Waals surface area contributed by atoms with E-state index in [4.69, 9.17) is 0 Å². The van der Waals surface area contributed by atoms with E-state index in [1.54, 1.807) is 0 Å². The number of rotatable bonds is 15. The van der Waals surface area contributed by atoms with Gasteiger partial charge in [-0.25, -0.2) is 0 Å². The van der Waals surface area contributed by atoms with Crippen LogP contribution in [0, 0.1) is 0 Å². The van der Waals surface area contributed by atoms with E-state index in [9.17, 15) is 0 Å². The highest BCUT2D eigenvalue weighted by molar-refractivity contribution is 4.86. The molecule has 0 aliphatic rings. The summed E-state index contributed by atoms with van der Waals surface area (Å²) < 4.78 is 0. The molecule has 6 heteroatoms. The molecular weight excluding hydrogens is 324 g/mol. The molecule has 26 heavy (non-hydrogen) atoms. The third-order valence-electron chi connectivity index (χ3n) is 5.09. The topological polar surface area (TPSA) is 19.4 Å². The van der Waals surface area contributed by atoms with Crippen molar-refractivity contribution < 1.29 is 0 Å². The highest BCUT2D eigenvalue weighted by Gasteiger charge is 2.28. The van der Waals surface area contributed by atoms with Crippen LogP contribution in [0.2, 0.25) is 0 Å². The minimum absolute atomic E-state index is 0.534. The fraction of sp³-hybridized carbons (Fsp3) is 1.00. The van der Waals surface area contributed by atoms with E-state index < -0.39 is 0 Å². The molecule has 0 amide bonds. The lowest BCUT2D eigenvalue weighted by Gasteiger charge is -2.41. The monoisotopic (exact) mass is 372 g/mol. The molecule has 0 bridgehead atoms. The van der Waals surface area contributed by atoms with Crippen LogP contribution in [0.4, 0.5) is 0 Å². The van der Waals surface area contributed by atoms with Crippen molar-refractivity contribution in [2.45, 2.75) is 24.9 Å². The molecule has 2 atom stereocenters. The van der Waals surface area contributed by atoms with E-state index in [1.807, 2.05) is 0 Å². The summed E-state index contributed by atoms with van der Waals surface area (Å²) in [5, 5.41) is 0. The fourth-order valence-corrected chi connectivity index (χ4v) is 3.31. The first kappa shape index (κ1) is 25.8. The lowest BCUT2D eigenvalue weighted by Crippen LogP contribution is -2.54. The van der Waals surface area contributed by atoms with Crippen LogP contribution in [0.5, 0.6) is 0 Å². The van der Waals surface area contributed by atoms with Gasteiger partial charge in [0, 0.05) is 31.7 Å². The average molecular weight is 373 g/mol. The Labute approximate surface area is 164 Å². The summed E-state index contributed by atoms with van der Waals surface area (Å²) in [6, 6.07) is 1.10. The molecule has 0 aromatic carbocycles. The van der Waals surface area contributed by atoms with Gasteiger partial charge in [-0.05, 0) is 103 Å². The molecule has 0 saturated carbocycles. The van der Waals surface area contributed by atoms with E-state index in [0.717, 1.165) is 39.3 Å². The van der Waals surface area contributed by atoms with Gasteiger partial charge in [-0.3, -0.25) is 0 Å². The van der Waals surface area contributed by atoms with Crippen LogP contribution < -0.4 is 0 Å². The average Bonchev–Trinajstić information content (AvgIpc) is 2.51. The first-order valence-electron chi connectivity index (χ1n) is 10.0. The maximum Gasteiger partial charge on any atom is 0.0372 e. The second-order valence-corrected chi connectivity index (χ2v) is 8.89. The van der Waals surface area contributed by atoms with Gasteiger partial charge < -0.3 is 29.4 Å². The summed E-state index contributed by atoms with van der Waals surface area (Å²) in [4.78, 5) is 14.4. The third-order valence-corrected chi connectivity index (χ3v) is 5.09. The molecule has 6 nitrogen and oxygen atoms in total. The van der Waals surface area contributed by atoms with Gasteiger partial charge in [0.15, 0.2) is 0 Å². The smallest absolute Gasteiger partial charge is 0.0372 e. The maximum absolute atomic E-state index is 2.59. The van der Waals surface area contributed by atoms with Gasteiger partial charge in [0.2, 0.25) is 0 Å². The number of nitrogens with zero attached hydrogens (tertiary/aromatic N) is 6. The van der Waals surface area contributed by atoms with Gasteiger partial charge in [-0.15, -0.1) is 0 Å². The molecule has 0 aromatic heterocycles. The zero-order chi connectivity index (χ0) is 20.3. The molecule has 0 aromatic rings. The van der Waals surface area contributed by atoms with Crippen molar-refractivity contribution >= 4 is 0 Å². The highest BCUT2D eigenvalue weighted by Crippen LogP contribution is 2.14. The van der Waals surface area contributed by atoms with Crippen molar-refractivity contribution in [3.63, 3.8) is 0 Å². The quantitative estimate of drug-likeness (QED) is 0.417. The molecule has 0 fully saturated rings. The molecule has 158 valence electrons. The molecule has 0 aliphatic heterocycles. The first-order valence-corrected chi connectivity index (χ1v) is 10.0. The Bertz CT molecular complexity index is 332. The Hall–Kier alpha value is -0.240. The molecule has 0 rings (SSSR count). The Balaban J connectivity index is 4.97. The summed E-state index contributed by atoms with van der Waals surface area (Å²) in [5.74, 6) is 0. The van der Waals surface area contributed by atoms with Gasteiger partial charge in [-0.2, -0.15) is 0 Å². The van der Waals surface area contributed by atoms with E-state index in [0.29, 0.717) is 12.1 Å². The Kier molecular flexibility index (Phi) is 13.7. The zero-order valence-electron chi connectivity index (χ0n) is 19.5. The minimum atomic E-state index is 0.534. The van der Waals surface area contributed by atoms with E-state index in [2.05, 4.69) is 99.9 Å². The van der Waals surface area contributed by atoms with Gasteiger partial charge in [0.1, 0.15) is 0 Å². The van der Waals surface area contributed by atoms with Crippen LogP contribution in [-0.4, -0.2) is 151 Å². The molecule has 0 N–H and O–H groups in total. The van der Waals surface area contributed by atoms with Gasteiger partial charge >= 0.3 is 0 Å². The zero-order valence-corrected chi connectivity index (χ0v) is 19.5. The van der Waals surface area contributed by atoms with Crippen molar-refractivity contribution in [2.24, 2.45) is 0 Å². The number of hydrogen-bond acceptors (Lipinski definition) is 6. The second-order valence-electron chi connectivity index (χ2n) is 8.89. The summed E-state index contributed by atoms with van der Waals surface area (Å²) in [6.07, 6.45) is 2.43. The van der Waals surface area contributed by atoms with Crippen molar-refractivity contribution in [3.8, 4) is 0 Å². The van der Waals surface area contributed by atoms with Crippen LogP contribution in [0.1, 0.15) is 12.8 Å². The summed E-state index contributed by atoms with van der Waals surface area (Å²) in [7, 11) is 22.0. The molecule has 0 radical (unpaired) electrons. The summed E-state index contributed by atoms with van der Waals surface area (Å²) >= 11 is 0. The summed E-state index contributed by atoms with van der Waals surface area (Å²) in [6.45, 7) is 6.77. The first-order chi connectivity index (χ1) is 12.0. The Morgan fingerprint density at radius 1 is 0.538 bits per heavy atom. The SMILES string of the molecule is CN(C)CCCN(C)C(CCN(C)C)C(CN(C)CCN(C)C)N(C)C. The van der Waals surface area contributed by atoms with Crippen molar-refractivity contribution in [1.82, 2.24) is 29.4 Å². The highest BCUT2D eigenvalue weighted by atomic mass is 15.3. The standard InChI is InChI=1S/C20H48N6/c1-21(2)13-11-14-26(10)19(12-15-22(3)4)20(24(7)8)18-25(9)17-16-23(5)6/h19-20H,11-18H2,1-10H3. The van der Waals surface area contributed by atoms with E-state index in [1.165, 1.54) is 12.8 Å². The van der Waals surface area contributed by atoms with Crippen LogP contribution in [0.3, 0.4) is 0 Å². The molecular formula is C20H48N6.